The summed E-state index contributed by atoms with van der Waals surface area (Å²) in [5.74, 6) is -0.776. The predicted octanol–water partition coefficient (Wildman–Crippen LogP) is 0.516. The third-order valence-electron chi connectivity index (χ3n) is 3.26. The molecule has 0 spiro atoms. The van der Waals surface area contributed by atoms with Crippen LogP contribution in [-0.4, -0.2) is 24.2 Å². The van der Waals surface area contributed by atoms with Gasteiger partial charge in [-0.15, -0.1) is 0 Å². The van der Waals surface area contributed by atoms with E-state index in [-0.39, 0.29) is 12.1 Å². The van der Waals surface area contributed by atoms with Gasteiger partial charge in [0, 0.05) is 6.04 Å². The number of hydrogen-bond acceptors (Lipinski definition) is 5. The number of ether oxygens (including phenoxy) is 1. The molecule has 1 heterocycles. The maximum absolute atomic E-state index is 11.3. The van der Waals surface area contributed by atoms with Crippen molar-refractivity contribution in [2.75, 3.05) is 12.8 Å². The molecule has 3 unspecified atom stereocenters. The molecular weight excluding hydrogens is 234 g/mol. The van der Waals surface area contributed by atoms with Crippen molar-refractivity contribution in [2.24, 2.45) is 5.92 Å². The molecule has 0 radical (unpaired) electrons. The number of aliphatic carboxylic acids is 1. The SMILES string of the molecule is COc1ccc(C2NNC(C)C2C(=O)O)cc1N. The molecule has 1 aliphatic heterocycles. The molecule has 18 heavy (non-hydrogen) atoms. The molecule has 3 atom stereocenters. The average molecular weight is 251 g/mol. The molecule has 1 aromatic carbocycles. The minimum absolute atomic E-state index is 0.143. The van der Waals surface area contributed by atoms with Crippen LogP contribution >= 0.6 is 0 Å². The van der Waals surface area contributed by atoms with E-state index in [1.807, 2.05) is 13.0 Å². The Kier molecular flexibility index (Phi) is 3.40. The number of nitrogens with one attached hydrogen (secondary N) is 2. The first kappa shape index (κ1) is 12.7. The van der Waals surface area contributed by atoms with Gasteiger partial charge in [0.15, 0.2) is 0 Å². The summed E-state index contributed by atoms with van der Waals surface area (Å²) in [5.41, 5.74) is 13.1. The third kappa shape index (κ3) is 2.12. The second-order valence-corrected chi connectivity index (χ2v) is 4.42. The van der Waals surface area contributed by atoms with Crippen molar-refractivity contribution in [1.29, 1.82) is 0 Å². The van der Waals surface area contributed by atoms with E-state index < -0.39 is 11.9 Å². The van der Waals surface area contributed by atoms with E-state index >= 15 is 0 Å². The number of nitrogen functional groups attached to an aromatic ring is 1. The molecular formula is C12H17N3O3. The van der Waals surface area contributed by atoms with Crippen molar-refractivity contribution < 1.29 is 14.6 Å². The highest BCUT2D eigenvalue weighted by Gasteiger charge is 2.39. The van der Waals surface area contributed by atoms with Crippen LogP contribution in [-0.2, 0) is 4.79 Å². The van der Waals surface area contributed by atoms with Gasteiger partial charge in [0.25, 0.3) is 0 Å². The fraction of sp³-hybridized carbons (Fsp3) is 0.417. The number of rotatable bonds is 3. The van der Waals surface area contributed by atoms with Crippen LogP contribution in [0.5, 0.6) is 5.75 Å². The molecule has 1 saturated heterocycles. The van der Waals surface area contributed by atoms with E-state index in [2.05, 4.69) is 10.9 Å². The van der Waals surface area contributed by atoms with Crippen molar-refractivity contribution in [3.63, 3.8) is 0 Å². The minimum Gasteiger partial charge on any atom is -0.495 e. The van der Waals surface area contributed by atoms with E-state index in [9.17, 15) is 9.90 Å². The summed E-state index contributed by atoms with van der Waals surface area (Å²) in [5, 5.41) is 9.25. The first-order valence-corrected chi connectivity index (χ1v) is 5.72. The Bertz CT molecular complexity index is 464. The number of methoxy groups -OCH3 is 1. The molecule has 0 aliphatic carbocycles. The van der Waals surface area contributed by atoms with Crippen molar-refractivity contribution in [3.8, 4) is 5.75 Å². The number of carboxylic acid groups (broad SMARTS) is 1. The number of hydrogen-bond donors (Lipinski definition) is 4. The molecule has 5 N–H and O–H groups in total. The standard InChI is InChI=1S/C12H17N3O3/c1-6-10(12(16)17)11(15-14-6)7-3-4-9(18-2)8(13)5-7/h3-6,10-11,14-15H,13H2,1-2H3,(H,16,17). The summed E-state index contributed by atoms with van der Waals surface area (Å²) in [4.78, 5) is 11.3. The number of anilines is 1. The van der Waals surface area contributed by atoms with Gasteiger partial charge in [-0.3, -0.25) is 10.2 Å². The van der Waals surface area contributed by atoms with E-state index in [0.717, 1.165) is 5.56 Å². The topological polar surface area (TPSA) is 96.6 Å². The summed E-state index contributed by atoms with van der Waals surface area (Å²) >= 11 is 0. The highest BCUT2D eigenvalue weighted by molar-refractivity contribution is 5.73. The first-order chi connectivity index (χ1) is 8.54. The lowest BCUT2D eigenvalue weighted by molar-refractivity contribution is -0.142. The molecule has 0 amide bonds. The Balaban J connectivity index is 2.31. The second kappa shape index (κ2) is 4.83. The van der Waals surface area contributed by atoms with Crippen LogP contribution in [0.1, 0.15) is 18.5 Å². The van der Waals surface area contributed by atoms with Crippen LogP contribution in [0.15, 0.2) is 18.2 Å². The molecule has 6 nitrogen and oxygen atoms in total. The van der Waals surface area contributed by atoms with E-state index in [1.165, 1.54) is 0 Å². The Morgan fingerprint density at radius 3 is 2.72 bits per heavy atom. The number of carbonyl (C=O) groups is 1. The highest BCUT2D eigenvalue weighted by atomic mass is 16.5. The van der Waals surface area contributed by atoms with Crippen LogP contribution in [0, 0.1) is 5.92 Å². The molecule has 2 rings (SSSR count). The van der Waals surface area contributed by atoms with Crippen molar-refractivity contribution in [1.82, 2.24) is 10.9 Å². The quantitative estimate of drug-likeness (QED) is 0.585. The molecule has 1 aliphatic rings. The number of carboxylic acids is 1. The van der Waals surface area contributed by atoms with Gasteiger partial charge in [0.1, 0.15) is 5.75 Å². The Morgan fingerprint density at radius 2 is 2.17 bits per heavy atom. The number of nitrogens with two attached hydrogens (primary N) is 1. The summed E-state index contributed by atoms with van der Waals surface area (Å²) in [6.07, 6.45) is 0. The monoisotopic (exact) mass is 251 g/mol. The van der Waals surface area contributed by atoms with Gasteiger partial charge in [-0.1, -0.05) is 6.07 Å². The van der Waals surface area contributed by atoms with E-state index in [4.69, 9.17) is 10.5 Å². The zero-order valence-corrected chi connectivity index (χ0v) is 10.3. The Morgan fingerprint density at radius 1 is 1.44 bits per heavy atom. The molecule has 98 valence electrons. The van der Waals surface area contributed by atoms with Gasteiger partial charge in [0.2, 0.25) is 0 Å². The van der Waals surface area contributed by atoms with Gasteiger partial charge in [0.05, 0.1) is 24.8 Å². The smallest absolute Gasteiger partial charge is 0.310 e. The lowest BCUT2D eigenvalue weighted by Crippen LogP contribution is -2.30. The number of hydrazine groups is 1. The molecule has 6 heteroatoms. The zero-order valence-electron chi connectivity index (χ0n) is 10.3. The lowest BCUT2D eigenvalue weighted by Gasteiger charge is -2.18. The fourth-order valence-electron chi connectivity index (χ4n) is 2.28. The molecule has 0 saturated carbocycles. The van der Waals surface area contributed by atoms with Gasteiger partial charge in [-0.25, -0.2) is 5.43 Å². The summed E-state index contributed by atoms with van der Waals surface area (Å²) in [7, 11) is 1.54. The fourth-order valence-corrected chi connectivity index (χ4v) is 2.28. The molecule has 1 fully saturated rings. The predicted molar refractivity (Wildman–Crippen MR) is 67.0 cm³/mol. The normalized spacial score (nSPS) is 27.1. The average Bonchev–Trinajstić information content (AvgIpc) is 2.71. The minimum atomic E-state index is -0.834. The van der Waals surface area contributed by atoms with Gasteiger partial charge in [-0.2, -0.15) is 0 Å². The lowest BCUT2D eigenvalue weighted by atomic mass is 9.90. The summed E-state index contributed by atoms with van der Waals surface area (Å²) in [6, 6.07) is 4.87. The number of benzene rings is 1. The molecule has 0 bridgehead atoms. The highest BCUT2D eigenvalue weighted by Crippen LogP contribution is 2.32. The van der Waals surface area contributed by atoms with Crippen LogP contribution in [0.2, 0.25) is 0 Å². The van der Waals surface area contributed by atoms with Crippen molar-refractivity contribution >= 4 is 11.7 Å². The van der Waals surface area contributed by atoms with Crippen molar-refractivity contribution in [2.45, 2.75) is 19.0 Å². The largest absolute Gasteiger partial charge is 0.495 e. The van der Waals surface area contributed by atoms with Crippen LogP contribution in [0.25, 0.3) is 0 Å². The zero-order chi connectivity index (χ0) is 13.3. The summed E-state index contributed by atoms with van der Waals surface area (Å²) in [6.45, 7) is 1.83. The van der Waals surface area contributed by atoms with Crippen LogP contribution in [0.3, 0.4) is 0 Å². The van der Waals surface area contributed by atoms with Crippen LogP contribution < -0.4 is 21.3 Å². The van der Waals surface area contributed by atoms with Crippen molar-refractivity contribution in [3.05, 3.63) is 23.8 Å². The molecule has 1 aromatic rings. The maximum Gasteiger partial charge on any atom is 0.310 e. The van der Waals surface area contributed by atoms with Gasteiger partial charge in [-0.05, 0) is 24.6 Å². The Hall–Kier alpha value is -1.79. The Labute approximate surface area is 105 Å². The second-order valence-electron chi connectivity index (χ2n) is 4.42. The van der Waals surface area contributed by atoms with Gasteiger partial charge >= 0.3 is 5.97 Å². The van der Waals surface area contributed by atoms with Gasteiger partial charge < -0.3 is 15.6 Å². The molecule has 0 aromatic heterocycles. The van der Waals surface area contributed by atoms with E-state index in [0.29, 0.717) is 11.4 Å². The maximum atomic E-state index is 11.3. The van der Waals surface area contributed by atoms with Crippen LogP contribution in [0.4, 0.5) is 5.69 Å². The van der Waals surface area contributed by atoms with E-state index in [1.54, 1.807) is 19.2 Å². The first-order valence-electron chi connectivity index (χ1n) is 5.72. The third-order valence-corrected chi connectivity index (χ3v) is 3.26. The summed E-state index contributed by atoms with van der Waals surface area (Å²) < 4.78 is 5.08.